The third-order valence-electron chi connectivity index (χ3n) is 3.27. The Morgan fingerprint density at radius 3 is 2.00 bits per heavy atom. The van der Waals surface area contributed by atoms with Crippen LogP contribution in [-0.2, 0) is 12.8 Å². The van der Waals surface area contributed by atoms with Gasteiger partial charge < -0.3 is 14.9 Å². The van der Waals surface area contributed by atoms with Crippen LogP contribution in [0.25, 0.3) is 0 Å². The minimum atomic E-state index is 0. The smallest absolute Gasteiger partial charge is 0.429 e. The van der Waals surface area contributed by atoms with Crippen molar-refractivity contribution in [1.29, 1.82) is 0 Å². The van der Waals surface area contributed by atoms with Crippen LogP contribution >= 0.6 is 0 Å². The van der Waals surface area contributed by atoms with E-state index in [1.54, 1.807) is 16.8 Å². The second-order valence-electron chi connectivity index (χ2n) is 4.23. The van der Waals surface area contributed by atoms with E-state index in [0.717, 1.165) is 0 Å². The van der Waals surface area contributed by atoms with Gasteiger partial charge in [0.2, 0.25) is 0 Å². The van der Waals surface area contributed by atoms with Crippen molar-refractivity contribution < 1.29 is 10.0 Å². The molecule has 1 aromatic rings. The van der Waals surface area contributed by atoms with Crippen molar-refractivity contribution in [3.8, 4) is 0 Å². The van der Waals surface area contributed by atoms with E-state index >= 15 is 0 Å². The number of nitrogens with zero attached hydrogens (tertiary/aromatic N) is 1. The summed E-state index contributed by atoms with van der Waals surface area (Å²) in [6.07, 6.45) is 5.27. The molecular formula is C12H17BNO2. The van der Waals surface area contributed by atoms with Gasteiger partial charge in [0.15, 0.2) is 0 Å². The Morgan fingerprint density at radius 2 is 1.50 bits per heavy atom. The topological polar surface area (TPSA) is 43.7 Å². The number of anilines is 1. The Balaban J connectivity index is 0.000000292. The van der Waals surface area contributed by atoms with Crippen molar-refractivity contribution in [2.75, 3.05) is 18.0 Å². The van der Waals surface area contributed by atoms with Crippen LogP contribution < -0.4 is 4.90 Å². The molecule has 0 amide bonds. The van der Waals surface area contributed by atoms with Crippen LogP contribution in [0.2, 0.25) is 0 Å². The van der Waals surface area contributed by atoms with E-state index in [4.69, 9.17) is 10.0 Å². The SMILES string of the molecule is O[B]O.c1cc2c3c(c1)CCCN3CCC2. The summed E-state index contributed by atoms with van der Waals surface area (Å²) in [5.74, 6) is 0. The Kier molecular flexibility index (Phi) is 3.85. The largest absolute Gasteiger partial charge is 0.482 e. The Morgan fingerprint density at radius 1 is 1.00 bits per heavy atom. The van der Waals surface area contributed by atoms with Crippen molar-refractivity contribution in [3.63, 3.8) is 0 Å². The maximum Gasteiger partial charge on any atom is 0.482 e. The van der Waals surface area contributed by atoms with Gasteiger partial charge in [0, 0.05) is 18.8 Å². The Labute approximate surface area is 97.0 Å². The van der Waals surface area contributed by atoms with Gasteiger partial charge in [-0.05, 0) is 36.8 Å². The predicted molar refractivity (Wildman–Crippen MR) is 65.5 cm³/mol. The number of aryl methyl sites for hydroxylation is 2. The van der Waals surface area contributed by atoms with Crippen LogP contribution in [0.5, 0.6) is 0 Å². The maximum absolute atomic E-state index is 7.00. The summed E-state index contributed by atoms with van der Waals surface area (Å²) in [5.41, 5.74) is 4.76. The van der Waals surface area contributed by atoms with Gasteiger partial charge in [-0.15, -0.1) is 0 Å². The minimum Gasteiger partial charge on any atom is -0.429 e. The summed E-state index contributed by atoms with van der Waals surface area (Å²) >= 11 is 0. The van der Waals surface area contributed by atoms with Crippen LogP contribution in [0.1, 0.15) is 24.0 Å². The van der Waals surface area contributed by atoms with Crippen molar-refractivity contribution >= 4 is 13.4 Å². The first kappa shape index (κ1) is 11.5. The summed E-state index contributed by atoms with van der Waals surface area (Å²) < 4.78 is 0. The zero-order valence-electron chi connectivity index (χ0n) is 9.39. The van der Waals surface area contributed by atoms with E-state index in [1.807, 2.05) is 0 Å². The molecule has 2 N–H and O–H groups in total. The molecule has 0 spiro atoms. The highest BCUT2D eigenvalue weighted by Gasteiger charge is 2.22. The molecule has 1 radical (unpaired) electrons. The average molecular weight is 218 g/mol. The summed E-state index contributed by atoms with van der Waals surface area (Å²) in [7, 11) is 0. The van der Waals surface area contributed by atoms with E-state index in [0.29, 0.717) is 0 Å². The standard InChI is InChI=1S/C12H15N.BH2O2/c1-4-10-6-2-8-13-9-3-7-11(5-1)12(10)13;2-1-3/h1,4-5H,2-3,6-9H2;2-3H. The second-order valence-corrected chi connectivity index (χ2v) is 4.23. The van der Waals surface area contributed by atoms with Gasteiger partial charge in [-0.2, -0.15) is 0 Å². The first-order valence-corrected chi connectivity index (χ1v) is 5.82. The lowest BCUT2D eigenvalue weighted by Crippen LogP contribution is -2.34. The molecule has 16 heavy (non-hydrogen) atoms. The molecule has 0 atom stereocenters. The molecular weight excluding hydrogens is 201 g/mol. The number of para-hydroxylation sites is 1. The van der Waals surface area contributed by atoms with Gasteiger partial charge in [0.05, 0.1) is 0 Å². The van der Waals surface area contributed by atoms with E-state index in [-0.39, 0.29) is 7.69 Å². The minimum absolute atomic E-state index is 0. The quantitative estimate of drug-likeness (QED) is 0.635. The van der Waals surface area contributed by atoms with Gasteiger partial charge in [0.25, 0.3) is 0 Å². The summed E-state index contributed by atoms with van der Waals surface area (Å²) in [6, 6.07) is 6.83. The van der Waals surface area contributed by atoms with Crippen molar-refractivity contribution in [1.82, 2.24) is 0 Å². The van der Waals surface area contributed by atoms with Crippen LogP contribution in [0, 0.1) is 0 Å². The molecule has 85 valence electrons. The van der Waals surface area contributed by atoms with Crippen LogP contribution in [-0.4, -0.2) is 30.8 Å². The molecule has 0 unspecified atom stereocenters. The molecule has 0 aromatic heterocycles. The highest BCUT2D eigenvalue weighted by Crippen LogP contribution is 2.34. The lowest BCUT2D eigenvalue weighted by molar-refractivity contribution is 0.448. The van der Waals surface area contributed by atoms with Gasteiger partial charge in [0.1, 0.15) is 0 Å². The fourth-order valence-corrected chi connectivity index (χ4v) is 2.71. The molecule has 4 heteroatoms. The number of hydrogen-bond acceptors (Lipinski definition) is 3. The van der Waals surface area contributed by atoms with Crippen LogP contribution in [0.15, 0.2) is 18.2 Å². The number of benzene rings is 1. The van der Waals surface area contributed by atoms with E-state index in [1.165, 1.54) is 38.8 Å². The number of hydrogen-bond donors (Lipinski definition) is 2. The van der Waals surface area contributed by atoms with Gasteiger partial charge in [-0.1, -0.05) is 18.2 Å². The van der Waals surface area contributed by atoms with E-state index in [2.05, 4.69) is 23.1 Å². The van der Waals surface area contributed by atoms with Crippen LogP contribution in [0.3, 0.4) is 0 Å². The zero-order valence-corrected chi connectivity index (χ0v) is 9.39. The molecule has 0 fully saturated rings. The van der Waals surface area contributed by atoms with E-state index < -0.39 is 0 Å². The first-order chi connectivity index (χ1) is 7.86. The molecule has 1 aromatic carbocycles. The normalized spacial score (nSPS) is 17.0. The first-order valence-electron chi connectivity index (χ1n) is 5.82. The van der Waals surface area contributed by atoms with Crippen molar-refractivity contribution in [3.05, 3.63) is 29.3 Å². The van der Waals surface area contributed by atoms with E-state index in [9.17, 15) is 0 Å². The lowest BCUT2D eigenvalue weighted by Gasteiger charge is -2.36. The lowest BCUT2D eigenvalue weighted by atomic mass is 9.92. The average Bonchev–Trinajstić information content (AvgIpc) is 2.31. The number of rotatable bonds is 0. The van der Waals surface area contributed by atoms with Gasteiger partial charge in [-0.25, -0.2) is 0 Å². The highest BCUT2D eigenvalue weighted by atomic mass is 16.4. The van der Waals surface area contributed by atoms with Gasteiger partial charge >= 0.3 is 7.69 Å². The van der Waals surface area contributed by atoms with Gasteiger partial charge in [-0.3, -0.25) is 0 Å². The Bertz CT molecular complexity index is 329. The summed E-state index contributed by atoms with van der Waals surface area (Å²) in [6.45, 7) is 2.56. The van der Waals surface area contributed by atoms with Crippen LogP contribution in [0.4, 0.5) is 5.69 Å². The summed E-state index contributed by atoms with van der Waals surface area (Å²) in [4.78, 5) is 2.58. The molecule has 0 saturated heterocycles. The predicted octanol–water partition coefficient (Wildman–Crippen LogP) is 0.891. The second kappa shape index (κ2) is 5.37. The molecule has 0 saturated carbocycles. The summed E-state index contributed by atoms with van der Waals surface area (Å²) in [5, 5.41) is 14.0. The fourth-order valence-electron chi connectivity index (χ4n) is 2.71. The third kappa shape index (κ3) is 2.23. The fraction of sp³-hybridized carbons (Fsp3) is 0.500. The molecule has 2 heterocycles. The molecule has 0 bridgehead atoms. The molecule has 3 rings (SSSR count). The highest BCUT2D eigenvalue weighted by molar-refractivity contribution is 6.13. The molecule has 2 aliphatic rings. The van der Waals surface area contributed by atoms with Crippen molar-refractivity contribution in [2.24, 2.45) is 0 Å². The molecule has 0 aliphatic carbocycles. The monoisotopic (exact) mass is 218 g/mol. The third-order valence-corrected chi connectivity index (χ3v) is 3.27. The molecule has 2 aliphatic heterocycles. The zero-order chi connectivity index (χ0) is 11.4. The van der Waals surface area contributed by atoms with Crippen molar-refractivity contribution in [2.45, 2.75) is 25.7 Å². The Hall–Kier alpha value is -0.995. The maximum atomic E-state index is 7.00. The molecule has 3 nitrogen and oxygen atoms in total.